The van der Waals surface area contributed by atoms with Crippen molar-refractivity contribution in [3.8, 4) is 0 Å². The summed E-state index contributed by atoms with van der Waals surface area (Å²) in [7, 11) is 0. The molecule has 0 aromatic heterocycles. The highest BCUT2D eigenvalue weighted by Gasteiger charge is 2.58. The Balaban J connectivity index is 1.41. The Hall–Kier alpha value is -0.710. The van der Waals surface area contributed by atoms with Crippen molar-refractivity contribution in [1.29, 1.82) is 0 Å². The minimum absolute atomic E-state index is 0.0300. The van der Waals surface area contributed by atoms with Crippen LogP contribution in [-0.2, 0) is 14.3 Å². The Labute approximate surface area is 163 Å². The number of rotatable bonds is 6. The molecule has 0 aromatic rings. The highest BCUT2D eigenvalue weighted by Crippen LogP contribution is 2.64. The molecule has 0 aromatic carbocycles. The number of Topliss-reactive ketones (excluding diaryl/α,β-unsaturated/α-hetero) is 1. The second kappa shape index (κ2) is 7.61. The highest BCUT2D eigenvalue weighted by atomic mass is 16.5. The van der Waals surface area contributed by atoms with Crippen molar-refractivity contribution in [2.24, 2.45) is 28.6 Å². The van der Waals surface area contributed by atoms with Crippen molar-refractivity contribution in [3.05, 3.63) is 11.6 Å². The van der Waals surface area contributed by atoms with Crippen LogP contribution in [0.5, 0.6) is 0 Å². The normalized spacial score (nSPS) is 43.7. The van der Waals surface area contributed by atoms with Gasteiger partial charge in [-0.25, -0.2) is 0 Å². The number of aliphatic hydroxyl groups is 1. The minimum Gasteiger partial charge on any atom is -0.394 e. The van der Waals surface area contributed by atoms with Crippen LogP contribution in [0.1, 0.15) is 65.2 Å². The zero-order valence-electron chi connectivity index (χ0n) is 17.0. The monoisotopic (exact) mass is 376 g/mol. The molecular weight excluding hydrogens is 340 g/mol. The Bertz CT molecular complexity index is 599. The Morgan fingerprint density at radius 3 is 2.67 bits per heavy atom. The Morgan fingerprint density at radius 1 is 1.07 bits per heavy atom. The molecule has 6 atom stereocenters. The lowest BCUT2D eigenvalue weighted by atomic mass is 9.48. The average Bonchev–Trinajstić information content (AvgIpc) is 2.97. The first kappa shape index (κ1) is 19.6. The van der Waals surface area contributed by atoms with Gasteiger partial charge in [-0.15, -0.1) is 0 Å². The van der Waals surface area contributed by atoms with E-state index in [0.29, 0.717) is 49.0 Å². The van der Waals surface area contributed by atoms with Gasteiger partial charge < -0.3 is 14.6 Å². The van der Waals surface area contributed by atoms with E-state index in [1.54, 1.807) is 5.57 Å². The van der Waals surface area contributed by atoms with E-state index in [1.807, 2.05) is 0 Å². The summed E-state index contributed by atoms with van der Waals surface area (Å²) in [4.78, 5) is 12.5. The third kappa shape index (κ3) is 3.32. The minimum atomic E-state index is -0.0300. The van der Waals surface area contributed by atoms with Crippen LogP contribution in [0.3, 0.4) is 0 Å². The van der Waals surface area contributed by atoms with Gasteiger partial charge in [0.1, 0.15) is 5.78 Å². The molecule has 0 amide bonds. The number of fused-ring (bicyclic) bond motifs is 5. The molecule has 4 aliphatic carbocycles. The zero-order valence-corrected chi connectivity index (χ0v) is 17.0. The summed E-state index contributed by atoms with van der Waals surface area (Å²) in [6.07, 6.45) is 11.6. The fourth-order valence-corrected chi connectivity index (χ4v) is 6.98. The van der Waals surface area contributed by atoms with Crippen LogP contribution in [0.4, 0.5) is 0 Å². The van der Waals surface area contributed by atoms with Crippen molar-refractivity contribution in [2.45, 2.75) is 71.3 Å². The summed E-state index contributed by atoms with van der Waals surface area (Å²) < 4.78 is 11.4. The molecule has 4 nitrogen and oxygen atoms in total. The van der Waals surface area contributed by atoms with E-state index in [9.17, 15) is 4.79 Å². The second-order valence-electron chi connectivity index (χ2n) is 9.75. The van der Waals surface area contributed by atoms with Crippen LogP contribution in [0.25, 0.3) is 0 Å². The Kier molecular flexibility index (Phi) is 5.52. The summed E-state index contributed by atoms with van der Waals surface area (Å²) in [5.74, 6) is 2.59. The van der Waals surface area contributed by atoms with E-state index in [2.05, 4.69) is 19.9 Å². The molecule has 1 N–H and O–H groups in total. The molecule has 4 rings (SSSR count). The molecule has 3 saturated carbocycles. The quantitative estimate of drug-likeness (QED) is 0.564. The summed E-state index contributed by atoms with van der Waals surface area (Å²) in [5, 5.41) is 8.76. The van der Waals surface area contributed by atoms with Crippen LogP contribution in [0, 0.1) is 28.6 Å². The fourth-order valence-electron chi connectivity index (χ4n) is 6.98. The van der Waals surface area contributed by atoms with Crippen LogP contribution >= 0.6 is 0 Å². The lowest BCUT2D eigenvalue weighted by molar-refractivity contribution is -0.132. The molecule has 27 heavy (non-hydrogen) atoms. The first-order chi connectivity index (χ1) is 13.0. The van der Waals surface area contributed by atoms with Gasteiger partial charge in [-0.3, -0.25) is 4.79 Å². The van der Waals surface area contributed by atoms with Crippen LogP contribution in [0.15, 0.2) is 11.6 Å². The zero-order chi connectivity index (χ0) is 19.1. The van der Waals surface area contributed by atoms with Crippen molar-refractivity contribution in [3.63, 3.8) is 0 Å². The van der Waals surface area contributed by atoms with Crippen molar-refractivity contribution >= 4 is 5.78 Å². The van der Waals surface area contributed by atoms with Crippen LogP contribution in [0.2, 0.25) is 0 Å². The third-order valence-electron chi connectivity index (χ3n) is 8.58. The van der Waals surface area contributed by atoms with Crippen LogP contribution < -0.4 is 0 Å². The number of ketones is 1. The standard InChI is InChI=1S/C23H36O4/c1-22-9-7-17(27-14-13-26-12-11-24)15-16(22)3-4-18-19-5-6-21(25)23(19,2)10-8-20(18)22/h3,17-20,24H,4-15H2,1-2H3/t17-,18-,19-,20-,22-,23-/m0/s1. The molecular formula is C23H36O4. The smallest absolute Gasteiger partial charge is 0.139 e. The molecule has 0 unspecified atom stereocenters. The molecule has 0 radical (unpaired) electrons. The summed E-state index contributed by atoms with van der Waals surface area (Å²) in [6, 6.07) is 0. The number of carbonyl (C=O) groups excluding carboxylic acids is 1. The van der Waals surface area contributed by atoms with Crippen molar-refractivity contribution in [1.82, 2.24) is 0 Å². The number of ether oxygens (including phenoxy) is 2. The van der Waals surface area contributed by atoms with E-state index in [1.165, 1.54) is 12.8 Å². The lowest BCUT2D eigenvalue weighted by Crippen LogP contribution is -2.50. The molecule has 0 bridgehead atoms. The molecule has 3 fully saturated rings. The first-order valence-electron chi connectivity index (χ1n) is 11.0. The topological polar surface area (TPSA) is 55.8 Å². The average molecular weight is 377 g/mol. The number of hydrogen-bond acceptors (Lipinski definition) is 4. The second-order valence-corrected chi connectivity index (χ2v) is 9.75. The molecule has 4 heteroatoms. The highest BCUT2D eigenvalue weighted by molar-refractivity contribution is 5.87. The fraction of sp³-hybridized carbons (Fsp3) is 0.870. The number of aliphatic hydroxyl groups excluding tert-OH is 1. The predicted molar refractivity (Wildman–Crippen MR) is 104 cm³/mol. The van der Waals surface area contributed by atoms with E-state index < -0.39 is 0 Å². The maximum Gasteiger partial charge on any atom is 0.139 e. The van der Waals surface area contributed by atoms with Gasteiger partial charge in [0.25, 0.3) is 0 Å². The molecule has 0 heterocycles. The summed E-state index contributed by atoms with van der Waals surface area (Å²) in [6.45, 7) is 6.39. The molecule has 0 saturated heterocycles. The predicted octanol–water partition coefficient (Wildman–Crippen LogP) is 3.91. The van der Waals surface area contributed by atoms with Crippen molar-refractivity contribution in [2.75, 3.05) is 26.4 Å². The van der Waals surface area contributed by atoms with Gasteiger partial charge in [-0.2, -0.15) is 0 Å². The number of carbonyl (C=O) groups is 1. The SMILES string of the molecule is C[C@]12CC[C@H](OCCOCCO)CC1=CC[C@@H]1[C@@H]2CC[C@]2(C)C(=O)CC[C@@H]12. The largest absolute Gasteiger partial charge is 0.394 e. The van der Waals surface area contributed by atoms with E-state index in [-0.39, 0.29) is 12.0 Å². The Morgan fingerprint density at radius 2 is 1.85 bits per heavy atom. The van der Waals surface area contributed by atoms with Gasteiger partial charge in [0.15, 0.2) is 0 Å². The summed E-state index contributed by atoms with van der Waals surface area (Å²) in [5.41, 5.74) is 1.89. The summed E-state index contributed by atoms with van der Waals surface area (Å²) >= 11 is 0. The maximum absolute atomic E-state index is 12.5. The van der Waals surface area contributed by atoms with Gasteiger partial charge >= 0.3 is 0 Å². The van der Waals surface area contributed by atoms with Gasteiger partial charge in [-0.05, 0) is 68.1 Å². The van der Waals surface area contributed by atoms with Crippen molar-refractivity contribution < 1.29 is 19.4 Å². The van der Waals surface area contributed by atoms with E-state index in [0.717, 1.165) is 44.4 Å². The van der Waals surface area contributed by atoms with E-state index in [4.69, 9.17) is 14.6 Å². The van der Waals surface area contributed by atoms with Gasteiger partial charge in [0, 0.05) is 11.8 Å². The maximum atomic E-state index is 12.5. The van der Waals surface area contributed by atoms with Gasteiger partial charge in [-0.1, -0.05) is 25.5 Å². The van der Waals surface area contributed by atoms with Gasteiger partial charge in [0.05, 0.1) is 32.5 Å². The molecule has 0 aliphatic heterocycles. The molecule has 152 valence electrons. The number of allylic oxidation sites excluding steroid dienone is 1. The third-order valence-corrected chi connectivity index (χ3v) is 8.58. The van der Waals surface area contributed by atoms with Crippen LogP contribution in [-0.4, -0.2) is 43.4 Å². The number of hydrogen-bond donors (Lipinski definition) is 1. The van der Waals surface area contributed by atoms with E-state index >= 15 is 0 Å². The first-order valence-corrected chi connectivity index (χ1v) is 11.0. The molecule has 4 aliphatic rings. The van der Waals surface area contributed by atoms with Gasteiger partial charge in [0.2, 0.25) is 0 Å². The lowest BCUT2D eigenvalue weighted by Gasteiger charge is -2.57. The molecule has 0 spiro atoms.